The Morgan fingerprint density at radius 2 is 1.65 bits per heavy atom. The van der Waals surface area contributed by atoms with Crippen molar-refractivity contribution in [3.05, 3.63) is 60.2 Å². The quantitative estimate of drug-likeness (QED) is 0.678. The zero-order chi connectivity index (χ0) is 14.1. The van der Waals surface area contributed by atoms with E-state index in [1.165, 1.54) is 5.39 Å². The first-order chi connectivity index (χ1) is 9.65. The van der Waals surface area contributed by atoms with Crippen molar-refractivity contribution in [2.45, 2.75) is 13.0 Å². The van der Waals surface area contributed by atoms with Crippen LogP contribution >= 0.6 is 0 Å². The van der Waals surface area contributed by atoms with Crippen LogP contribution in [-0.2, 0) is 0 Å². The number of amides is 1. The second-order valence-electron chi connectivity index (χ2n) is 4.94. The summed E-state index contributed by atoms with van der Waals surface area (Å²) in [5.41, 5.74) is 0.996. The molecule has 0 saturated carbocycles. The lowest BCUT2D eigenvalue weighted by molar-refractivity contribution is 0.191. The number of carbonyl (C=O) groups is 1. The van der Waals surface area contributed by atoms with Gasteiger partial charge in [-0.05, 0) is 46.2 Å². The van der Waals surface area contributed by atoms with Gasteiger partial charge in [-0.1, -0.05) is 42.5 Å². The number of fused-ring (bicyclic) bond motifs is 2. The molecule has 3 aromatic carbocycles. The van der Waals surface area contributed by atoms with Gasteiger partial charge in [-0.25, -0.2) is 4.79 Å². The first kappa shape index (κ1) is 12.5. The van der Waals surface area contributed by atoms with E-state index < -0.39 is 6.09 Å². The van der Waals surface area contributed by atoms with Crippen molar-refractivity contribution in [2.24, 2.45) is 0 Å². The molecule has 0 bridgehead atoms. The Hall–Kier alpha value is -2.55. The Bertz CT molecular complexity index is 795. The predicted octanol–water partition coefficient (Wildman–Crippen LogP) is 4.32. The molecule has 1 amide bonds. The monoisotopic (exact) mass is 265 g/mol. The lowest BCUT2D eigenvalue weighted by Gasteiger charge is -2.15. The average Bonchev–Trinajstić information content (AvgIpc) is 2.43. The summed E-state index contributed by atoms with van der Waals surface area (Å²) >= 11 is 0. The molecule has 3 aromatic rings. The lowest BCUT2D eigenvalue weighted by atomic mass is 9.96. The average molecular weight is 265 g/mol. The Morgan fingerprint density at radius 1 is 1.00 bits per heavy atom. The van der Waals surface area contributed by atoms with Crippen LogP contribution in [0.25, 0.3) is 21.5 Å². The zero-order valence-electron chi connectivity index (χ0n) is 11.1. The minimum absolute atomic E-state index is 0.239. The summed E-state index contributed by atoms with van der Waals surface area (Å²) in [5.74, 6) is 0. The van der Waals surface area contributed by atoms with E-state index in [4.69, 9.17) is 5.11 Å². The highest BCUT2D eigenvalue weighted by Crippen LogP contribution is 2.28. The largest absolute Gasteiger partial charge is 0.465 e. The highest BCUT2D eigenvalue weighted by atomic mass is 16.4. The summed E-state index contributed by atoms with van der Waals surface area (Å²) < 4.78 is 0. The maximum atomic E-state index is 10.8. The van der Waals surface area contributed by atoms with Gasteiger partial charge in [0.25, 0.3) is 0 Å². The van der Waals surface area contributed by atoms with Gasteiger partial charge in [-0.2, -0.15) is 0 Å². The van der Waals surface area contributed by atoms with E-state index >= 15 is 0 Å². The van der Waals surface area contributed by atoms with Gasteiger partial charge in [-0.15, -0.1) is 0 Å². The molecule has 0 heterocycles. The summed E-state index contributed by atoms with van der Waals surface area (Å²) in [4.78, 5) is 10.8. The molecule has 3 heteroatoms. The van der Waals surface area contributed by atoms with Crippen LogP contribution < -0.4 is 5.32 Å². The zero-order valence-corrected chi connectivity index (χ0v) is 11.1. The van der Waals surface area contributed by atoms with E-state index in [2.05, 4.69) is 35.6 Å². The van der Waals surface area contributed by atoms with Crippen molar-refractivity contribution in [3.8, 4) is 0 Å². The molecule has 100 valence electrons. The number of nitrogens with one attached hydrogen (secondary N) is 1. The van der Waals surface area contributed by atoms with Crippen molar-refractivity contribution >= 4 is 27.6 Å². The van der Waals surface area contributed by atoms with Gasteiger partial charge in [0, 0.05) is 0 Å². The number of carboxylic acid groups (broad SMARTS) is 1. The molecule has 0 aromatic heterocycles. The van der Waals surface area contributed by atoms with Crippen LogP contribution in [0.4, 0.5) is 4.79 Å². The van der Waals surface area contributed by atoms with Crippen LogP contribution in [0.15, 0.2) is 54.6 Å². The van der Waals surface area contributed by atoms with Crippen LogP contribution in [0.2, 0.25) is 0 Å². The molecule has 0 aliphatic heterocycles. The van der Waals surface area contributed by atoms with Crippen LogP contribution in [0.1, 0.15) is 18.5 Å². The highest BCUT2D eigenvalue weighted by Gasteiger charge is 2.11. The maximum Gasteiger partial charge on any atom is 0.405 e. The van der Waals surface area contributed by atoms with Crippen molar-refractivity contribution in [3.63, 3.8) is 0 Å². The minimum Gasteiger partial charge on any atom is -0.465 e. The summed E-state index contributed by atoms with van der Waals surface area (Å²) in [6, 6.07) is 18.2. The van der Waals surface area contributed by atoms with Crippen LogP contribution in [0.3, 0.4) is 0 Å². The molecule has 0 saturated heterocycles. The van der Waals surface area contributed by atoms with Gasteiger partial charge in [0.2, 0.25) is 0 Å². The molecule has 0 aliphatic carbocycles. The van der Waals surface area contributed by atoms with Gasteiger partial charge in [0.1, 0.15) is 0 Å². The van der Waals surface area contributed by atoms with Crippen molar-refractivity contribution in [2.75, 3.05) is 0 Å². The highest BCUT2D eigenvalue weighted by molar-refractivity contribution is 5.99. The van der Waals surface area contributed by atoms with Gasteiger partial charge in [0.15, 0.2) is 0 Å². The van der Waals surface area contributed by atoms with Crippen molar-refractivity contribution in [1.29, 1.82) is 0 Å². The second kappa shape index (κ2) is 4.85. The third-order valence-electron chi connectivity index (χ3n) is 3.59. The maximum absolute atomic E-state index is 10.8. The molecule has 1 unspecified atom stereocenters. The normalized spacial score (nSPS) is 12.4. The third-order valence-corrected chi connectivity index (χ3v) is 3.59. The third kappa shape index (κ3) is 2.18. The first-order valence-electron chi connectivity index (χ1n) is 6.56. The van der Waals surface area contributed by atoms with E-state index in [1.807, 2.05) is 31.2 Å². The number of hydrogen-bond acceptors (Lipinski definition) is 1. The Kier molecular flexibility index (Phi) is 3.03. The lowest BCUT2D eigenvalue weighted by Crippen LogP contribution is -2.24. The van der Waals surface area contributed by atoms with E-state index in [-0.39, 0.29) is 6.04 Å². The molecular weight excluding hydrogens is 250 g/mol. The summed E-state index contributed by atoms with van der Waals surface area (Å²) in [6.45, 7) is 1.86. The van der Waals surface area contributed by atoms with E-state index in [1.54, 1.807) is 0 Å². The molecule has 20 heavy (non-hydrogen) atoms. The Morgan fingerprint density at radius 3 is 2.35 bits per heavy atom. The molecule has 3 nitrogen and oxygen atoms in total. The Balaban J connectivity index is 2.22. The number of hydrogen-bond donors (Lipinski definition) is 2. The van der Waals surface area contributed by atoms with Gasteiger partial charge in [-0.3, -0.25) is 0 Å². The molecule has 0 aliphatic rings. The van der Waals surface area contributed by atoms with Crippen molar-refractivity contribution < 1.29 is 9.90 Å². The molecule has 0 fully saturated rings. The Labute approximate surface area is 116 Å². The summed E-state index contributed by atoms with van der Waals surface area (Å²) in [5, 5.41) is 16.0. The van der Waals surface area contributed by atoms with E-state index in [0.29, 0.717) is 0 Å². The summed E-state index contributed by atoms with van der Waals surface area (Å²) in [6.07, 6.45) is -1.00. The number of benzene rings is 3. The van der Waals surface area contributed by atoms with Crippen LogP contribution in [0, 0.1) is 0 Å². The van der Waals surface area contributed by atoms with E-state index in [0.717, 1.165) is 21.7 Å². The molecule has 0 spiro atoms. The fraction of sp³-hybridized carbons (Fsp3) is 0.118. The predicted molar refractivity (Wildman–Crippen MR) is 81.0 cm³/mol. The van der Waals surface area contributed by atoms with Crippen LogP contribution in [-0.4, -0.2) is 11.2 Å². The molecule has 1 atom stereocenters. The second-order valence-corrected chi connectivity index (χ2v) is 4.94. The fourth-order valence-corrected chi connectivity index (χ4v) is 2.63. The van der Waals surface area contributed by atoms with E-state index in [9.17, 15) is 4.79 Å². The number of rotatable bonds is 2. The molecular formula is C17H15NO2. The van der Waals surface area contributed by atoms with Crippen molar-refractivity contribution in [1.82, 2.24) is 5.32 Å². The standard InChI is InChI=1S/C17H15NO2/c1-11(18-17(19)20)15-8-4-7-14-9-12-5-2-3-6-13(12)10-16(14)15/h2-11,18H,1H3,(H,19,20). The van der Waals surface area contributed by atoms with Gasteiger partial charge >= 0.3 is 6.09 Å². The summed E-state index contributed by atoms with van der Waals surface area (Å²) in [7, 11) is 0. The van der Waals surface area contributed by atoms with Gasteiger partial charge in [0.05, 0.1) is 6.04 Å². The fourth-order valence-electron chi connectivity index (χ4n) is 2.63. The van der Waals surface area contributed by atoms with Gasteiger partial charge < -0.3 is 10.4 Å². The smallest absolute Gasteiger partial charge is 0.405 e. The topological polar surface area (TPSA) is 49.3 Å². The first-order valence-corrected chi connectivity index (χ1v) is 6.56. The minimum atomic E-state index is -1.00. The molecule has 0 radical (unpaired) electrons. The SMILES string of the molecule is CC(NC(=O)O)c1cccc2cc3ccccc3cc12. The van der Waals surface area contributed by atoms with Crippen LogP contribution in [0.5, 0.6) is 0 Å². The molecule has 3 rings (SSSR count). The molecule has 2 N–H and O–H groups in total.